The minimum atomic E-state index is -0.711. The molecule has 0 spiro atoms. The van der Waals surface area contributed by atoms with Crippen LogP contribution in [-0.2, 0) is 10.2 Å². The van der Waals surface area contributed by atoms with Crippen LogP contribution < -0.4 is 9.80 Å². The van der Waals surface area contributed by atoms with Crippen LogP contribution in [0.1, 0.15) is 32.0 Å². The number of hydrogen-bond donors (Lipinski definition) is 0. The largest absolute Gasteiger partial charge is 0.338 e. The Balaban J connectivity index is 2.09. The Morgan fingerprint density at radius 1 is 1.28 bits per heavy atom. The third kappa shape index (κ3) is 2.92. The first-order valence-electron chi connectivity index (χ1n) is 9.38. The molecule has 29 heavy (non-hydrogen) atoms. The van der Waals surface area contributed by atoms with Gasteiger partial charge in [-0.3, -0.25) is 14.7 Å². The van der Waals surface area contributed by atoms with Gasteiger partial charge >= 0.3 is 0 Å². The van der Waals surface area contributed by atoms with Crippen molar-refractivity contribution >= 4 is 34.0 Å². The van der Waals surface area contributed by atoms with Crippen LogP contribution in [0.5, 0.6) is 0 Å². The van der Waals surface area contributed by atoms with E-state index in [0.29, 0.717) is 23.6 Å². The summed E-state index contributed by atoms with van der Waals surface area (Å²) in [6.07, 6.45) is 1.74. The molecule has 0 aliphatic carbocycles. The van der Waals surface area contributed by atoms with Gasteiger partial charge < -0.3 is 4.90 Å². The van der Waals surface area contributed by atoms with Crippen molar-refractivity contribution in [3.8, 4) is 0 Å². The second kappa shape index (κ2) is 6.47. The average Bonchev–Trinajstić information content (AvgIpc) is 2.92. The van der Waals surface area contributed by atoms with Gasteiger partial charge in [-0.15, -0.1) is 0 Å². The fourth-order valence-electron chi connectivity index (χ4n) is 4.08. The van der Waals surface area contributed by atoms with Crippen LogP contribution in [0.3, 0.4) is 0 Å². The summed E-state index contributed by atoms with van der Waals surface area (Å²) in [6, 6.07) is 5.85. The quantitative estimate of drug-likeness (QED) is 0.634. The Labute approximate surface area is 168 Å². The molecule has 1 aliphatic heterocycles. The second-order valence-corrected chi connectivity index (χ2v) is 8.11. The minimum Gasteiger partial charge on any atom is -0.338 e. The molecular formula is C22H22F2N4O. The van der Waals surface area contributed by atoms with Crippen LogP contribution in [-0.4, -0.2) is 29.5 Å². The topological polar surface area (TPSA) is 49.3 Å². The fraction of sp³-hybridized carbons (Fsp3) is 0.318. The van der Waals surface area contributed by atoms with Gasteiger partial charge in [0.25, 0.3) is 0 Å². The lowest BCUT2D eigenvalue weighted by Crippen LogP contribution is -2.28. The van der Waals surface area contributed by atoms with Gasteiger partial charge in [-0.05, 0) is 19.1 Å². The van der Waals surface area contributed by atoms with Gasteiger partial charge in [-0.25, -0.2) is 13.8 Å². The summed E-state index contributed by atoms with van der Waals surface area (Å²) in [4.78, 5) is 24.4. The van der Waals surface area contributed by atoms with E-state index in [1.54, 1.807) is 20.2 Å². The Kier molecular flexibility index (Phi) is 4.29. The maximum atomic E-state index is 15.0. The van der Waals surface area contributed by atoms with E-state index in [-0.39, 0.29) is 22.2 Å². The SMILES string of the molecule is CC(=O)N(C)c1nc2cc(F)cc(F)c2c(N2CC(C)(C)c3ncccc32)c1C. The van der Waals surface area contributed by atoms with Crippen LogP contribution in [0, 0.1) is 18.6 Å². The number of anilines is 3. The molecule has 3 heterocycles. The molecule has 0 saturated heterocycles. The summed E-state index contributed by atoms with van der Waals surface area (Å²) >= 11 is 0. The van der Waals surface area contributed by atoms with Crippen LogP contribution in [0.25, 0.3) is 10.9 Å². The molecule has 0 saturated carbocycles. The third-order valence-electron chi connectivity index (χ3n) is 5.52. The van der Waals surface area contributed by atoms with Crippen molar-refractivity contribution in [3.63, 3.8) is 0 Å². The number of benzene rings is 1. The van der Waals surface area contributed by atoms with Crippen molar-refractivity contribution < 1.29 is 13.6 Å². The summed E-state index contributed by atoms with van der Waals surface area (Å²) in [6.45, 7) is 7.96. The van der Waals surface area contributed by atoms with Gasteiger partial charge in [0, 0.05) is 49.8 Å². The van der Waals surface area contributed by atoms with Gasteiger partial charge in [0.05, 0.1) is 28.0 Å². The average molecular weight is 396 g/mol. The molecule has 1 aliphatic rings. The zero-order valence-corrected chi connectivity index (χ0v) is 17.0. The van der Waals surface area contributed by atoms with Gasteiger partial charge in [0.2, 0.25) is 5.91 Å². The number of fused-ring (bicyclic) bond motifs is 2. The number of halogens is 2. The molecule has 0 bridgehead atoms. The van der Waals surface area contributed by atoms with Crippen molar-refractivity contribution in [1.29, 1.82) is 0 Å². The second-order valence-electron chi connectivity index (χ2n) is 8.11. The first kappa shape index (κ1) is 19.2. The number of amides is 1. The minimum absolute atomic E-state index is 0.168. The number of carbonyl (C=O) groups excluding carboxylic acids is 1. The standard InChI is InChI=1S/C22H22F2N4O/c1-12-19(28-11-22(3,4)20-17(28)7-6-8-25-20)18-15(24)9-14(23)10-16(18)26-21(12)27(5)13(2)29/h6-10H,11H2,1-5H3. The predicted octanol–water partition coefficient (Wildman–Crippen LogP) is 4.63. The molecule has 5 nitrogen and oxygen atoms in total. The zero-order chi connectivity index (χ0) is 21.1. The predicted molar refractivity (Wildman–Crippen MR) is 110 cm³/mol. The number of rotatable bonds is 2. The molecule has 150 valence electrons. The Morgan fingerprint density at radius 3 is 2.69 bits per heavy atom. The highest BCUT2D eigenvalue weighted by atomic mass is 19.1. The number of carbonyl (C=O) groups is 1. The molecular weight excluding hydrogens is 374 g/mol. The van der Waals surface area contributed by atoms with Gasteiger partial charge in [-0.1, -0.05) is 13.8 Å². The summed E-state index contributed by atoms with van der Waals surface area (Å²) < 4.78 is 29.0. The molecule has 0 radical (unpaired) electrons. The number of nitrogens with zero attached hydrogens (tertiary/aromatic N) is 4. The molecule has 4 rings (SSSR count). The molecule has 0 fully saturated rings. The summed E-state index contributed by atoms with van der Waals surface area (Å²) in [7, 11) is 1.60. The lowest BCUT2D eigenvalue weighted by Gasteiger charge is -2.28. The maximum absolute atomic E-state index is 15.0. The van der Waals surface area contributed by atoms with E-state index in [0.717, 1.165) is 17.4 Å². The normalized spacial score (nSPS) is 14.9. The molecule has 0 unspecified atom stereocenters. The van der Waals surface area contributed by atoms with E-state index in [2.05, 4.69) is 23.8 Å². The molecule has 1 aromatic carbocycles. The van der Waals surface area contributed by atoms with E-state index in [1.165, 1.54) is 17.9 Å². The molecule has 0 N–H and O–H groups in total. The molecule has 0 atom stereocenters. The van der Waals surface area contributed by atoms with E-state index < -0.39 is 11.6 Å². The lowest BCUT2D eigenvalue weighted by molar-refractivity contribution is -0.116. The van der Waals surface area contributed by atoms with Crippen molar-refractivity contribution in [1.82, 2.24) is 9.97 Å². The fourth-order valence-corrected chi connectivity index (χ4v) is 4.08. The highest BCUT2D eigenvalue weighted by molar-refractivity contribution is 6.02. The van der Waals surface area contributed by atoms with E-state index in [1.807, 2.05) is 17.0 Å². The number of pyridine rings is 2. The first-order valence-corrected chi connectivity index (χ1v) is 9.38. The van der Waals surface area contributed by atoms with Crippen molar-refractivity contribution in [3.05, 3.63) is 53.4 Å². The van der Waals surface area contributed by atoms with Gasteiger partial charge in [0.1, 0.15) is 17.5 Å². The molecule has 3 aromatic rings. The van der Waals surface area contributed by atoms with E-state index >= 15 is 0 Å². The van der Waals surface area contributed by atoms with E-state index in [4.69, 9.17) is 0 Å². The monoisotopic (exact) mass is 396 g/mol. The Hall–Kier alpha value is -3.09. The highest BCUT2D eigenvalue weighted by Crippen LogP contribution is 2.47. The zero-order valence-electron chi connectivity index (χ0n) is 17.0. The molecule has 1 amide bonds. The van der Waals surface area contributed by atoms with Crippen LogP contribution >= 0.6 is 0 Å². The molecule has 7 heteroatoms. The van der Waals surface area contributed by atoms with Gasteiger partial charge in [0.15, 0.2) is 0 Å². The van der Waals surface area contributed by atoms with Crippen LogP contribution in [0.15, 0.2) is 30.5 Å². The number of hydrogen-bond acceptors (Lipinski definition) is 4. The Bertz CT molecular complexity index is 1160. The van der Waals surface area contributed by atoms with Crippen molar-refractivity contribution in [2.75, 3.05) is 23.4 Å². The van der Waals surface area contributed by atoms with E-state index in [9.17, 15) is 13.6 Å². The van der Waals surface area contributed by atoms with Crippen molar-refractivity contribution in [2.24, 2.45) is 0 Å². The summed E-state index contributed by atoms with van der Waals surface area (Å²) in [5, 5.41) is 0.233. The maximum Gasteiger partial charge on any atom is 0.224 e. The highest BCUT2D eigenvalue weighted by Gasteiger charge is 2.39. The van der Waals surface area contributed by atoms with Crippen LogP contribution in [0.2, 0.25) is 0 Å². The lowest BCUT2D eigenvalue weighted by atomic mass is 9.91. The smallest absolute Gasteiger partial charge is 0.224 e. The Morgan fingerprint density at radius 2 is 2.00 bits per heavy atom. The summed E-state index contributed by atoms with van der Waals surface area (Å²) in [5.41, 5.74) is 2.91. The number of aromatic nitrogens is 2. The first-order chi connectivity index (χ1) is 13.6. The van der Waals surface area contributed by atoms with Crippen LogP contribution in [0.4, 0.5) is 26.0 Å². The summed E-state index contributed by atoms with van der Waals surface area (Å²) in [5.74, 6) is -1.23. The third-order valence-corrected chi connectivity index (χ3v) is 5.52. The van der Waals surface area contributed by atoms with Crippen molar-refractivity contribution in [2.45, 2.75) is 33.1 Å². The molecule has 2 aromatic heterocycles. The van der Waals surface area contributed by atoms with Gasteiger partial charge in [-0.2, -0.15) is 0 Å².